The van der Waals surface area contributed by atoms with Crippen molar-refractivity contribution in [3.8, 4) is 0 Å². The summed E-state index contributed by atoms with van der Waals surface area (Å²) in [5.74, 6) is -1.81. The zero-order valence-corrected chi connectivity index (χ0v) is 13.5. The molecule has 0 bridgehead atoms. The fourth-order valence-electron chi connectivity index (χ4n) is 2.66. The molecule has 9 nitrogen and oxygen atoms in total. The number of anilines is 1. The van der Waals surface area contributed by atoms with Gasteiger partial charge in [0, 0.05) is 12.2 Å². The minimum Gasteiger partial charge on any atom is -0.476 e. The van der Waals surface area contributed by atoms with Gasteiger partial charge >= 0.3 is 5.97 Å². The van der Waals surface area contributed by atoms with E-state index in [1.54, 1.807) is 4.90 Å². The van der Waals surface area contributed by atoms with Crippen molar-refractivity contribution in [2.75, 3.05) is 11.4 Å². The summed E-state index contributed by atoms with van der Waals surface area (Å²) in [6.07, 6.45) is 1.67. The van der Waals surface area contributed by atoms with Crippen molar-refractivity contribution in [3.05, 3.63) is 41.7 Å². The van der Waals surface area contributed by atoms with Gasteiger partial charge in [-0.3, -0.25) is 9.59 Å². The quantitative estimate of drug-likeness (QED) is 0.801. The van der Waals surface area contributed by atoms with Gasteiger partial charge in [-0.25, -0.2) is 9.48 Å². The number of aromatic nitrogens is 3. The maximum atomic E-state index is 12.5. The van der Waals surface area contributed by atoms with Crippen molar-refractivity contribution < 1.29 is 19.5 Å². The van der Waals surface area contributed by atoms with Crippen LogP contribution in [0.3, 0.4) is 0 Å². The van der Waals surface area contributed by atoms with Gasteiger partial charge in [-0.15, -0.1) is 5.10 Å². The molecule has 2 heterocycles. The normalized spacial score (nSPS) is 16.9. The lowest BCUT2D eigenvalue weighted by atomic mass is 10.2. The minimum atomic E-state index is -1.22. The Kier molecular flexibility index (Phi) is 4.46. The predicted octanol–water partition coefficient (Wildman–Crippen LogP) is 0.206. The van der Waals surface area contributed by atoms with Crippen LogP contribution in [0.1, 0.15) is 22.5 Å². The van der Waals surface area contributed by atoms with Gasteiger partial charge in [0.2, 0.25) is 11.8 Å². The van der Waals surface area contributed by atoms with Gasteiger partial charge in [0.15, 0.2) is 5.69 Å². The monoisotopic (exact) mass is 343 g/mol. The zero-order valence-electron chi connectivity index (χ0n) is 13.5. The molecule has 1 atom stereocenters. The second-order valence-electron chi connectivity index (χ2n) is 5.84. The molecule has 1 aliphatic heterocycles. The number of carboxylic acids is 1. The molecule has 0 saturated carbocycles. The second kappa shape index (κ2) is 6.71. The number of nitrogens with zero attached hydrogens (tertiary/aromatic N) is 4. The van der Waals surface area contributed by atoms with E-state index in [0.29, 0.717) is 13.0 Å². The topological polar surface area (TPSA) is 117 Å². The third-order valence-electron chi connectivity index (χ3n) is 3.95. The van der Waals surface area contributed by atoms with E-state index in [1.807, 2.05) is 31.2 Å². The first-order valence-corrected chi connectivity index (χ1v) is 7.75. The molecule has 1 aromatic carbocycles. The van der Waals surface area contributed by atoms with Crippen LogP contribution in [0.5, 0.6) is 0 Å². The number of amides is 2. The molecule has 2 aromatic rings. The summed E-state index contributed by atoms with van der Waals surface area (Å²) in [6, 6.07) is 7.01. The summed E-state index contributed by atoms with van der Waals surface area (Å²) in [4.78, 5) is 36.9. The highest BCUT2D eigenvalue weighted by Crippen LogP contribution is 2.21. The zero-order chi connectivity index (χ0) is 18.0. The predicted molar refractivity (Wildman–Crippen MR) is 87.1 cm³/mol. The highest BCUT2D eigenvalue weighted by atomic mass is 16.4. The molecule has 1 aliphatic rings. The van der Waals surface area contributed by atoms with Crippen LogP contribution in [0, 0.1) is 6.92 Å². The maximum Gasteiger partial charge on any atom is 0.358 e. The van der Waals surface area contributed by atoms with Crippen LogP contribution >= 0.6 is 0 Å². The smallest absolute Gasteiger partial charge is 0.358 e. The Hall–Kier alpha value is -3.23. The first-order chi connectivity index (χ1) is 11.9. The van der Waals surface area contributed by atoms with Crippen LogP contribution in [-0.2, 0) is 16.1 Å². The molecule has 130 valence electrons. The molecule has 1 aromatic heterocycles. The molecule has 9 heteroatoms. The lowest BCUT2D eigenvalue weighted by molar-refractivity contribution is -0.127. The van der Waals surface area contributed by atoms with E-state index >= 15 is 0 Å². The van der Waals surface area contributed by atoms with Crippen LogP contribution < -0.4 is 10.2 Å². The van der Waals surface area contributed by atoms with Gasteiger partial charge in [-0.1, -0.05) is 22.9 Å². The van der Waals surface area contributed by atoms with Crippen LogP contribution in [0.25, 0.3) is 0 Å². The van der Waals surface area contributed by atoms with Gasteiger partial charge in [0.05, 0.1) is 6.20 Å². The third kappa shape index (κ3) is 3.65. The molecule has 0 spiro atoms. The lowest BCUT2D eigenvalue weighted by Gasteiger charge is -2.17. The van der Waals surface area contributed by atoms with Gasteiger partial charge in [0.25, 0.3) is 0 Å². The number of aryl methyl sites for hydroxylation is 1. The number of nitrogens with one attached hydrogen (secondary N) is 1. The molecule has 1 saturated heterocycles. The van der Waals surface area contributed by atoms with E-state index < -0.39 is 17.9 Å². The van der Waals surface area contributed by atoms with Gasteiger partial charge in [-0.05, 0) is 25.5 Å². The fourth-order valence-corrected chi connectivity index (χ4v) is 2.66. The minimum absolute atomic E-state index is 0.165. The fraction of sp³-hybridized carbons (Fsp3) is 0.312. The Morgan fingerprint density at radius 2 is 2.04 bits per heavy atom. The van der Waals surface area contributed by atoms with Crippen LogP contribution in [-0.4, -0.2) is 50.5 Å². The first kappa shape index (κ1) is 16.6. The summed E-state index contributed by atoms with van der Waals surface area (Å²) in [5.41, 5.74) is 1.67. The molecule has 2 amide bonds. The number of carbonyl (C=O) groups is 3. The Balaban J connectivity index is 1.59. The first-order valence-electron chi connectivity index (χ1n) is 7.75. The van der Waals surface area contributed by atoms with E-state index in [-0.39, 0.29) is 18.1 Å². The van der Waals surface area contributed by atoms with E-state index in [9.17, 15) is 14.4 Å². The number of hydrogen-bond acceptors (Lipinski definition) is 5. The van der Waals surface area contributed by atoms with Crippen molar-refractivity contribution in [1.82, 2.24) is 20.3 Å². The van der Waals surface area contributed by atoms with Crippen molar-refractivity contribution in [1.29, 1.82) is 0 Å². The van der Waals surface area contributed by atoms with Crippen molar-refractivity contribution in [2.24, 2.45) is 0 Å². The van der Waals surface area contributed by atoms with Gasteiger partial charge < -0.3 is 15.3 Å². The molecule has 3 rings (SSSR count). The molecular formula is C16H17N5O4. The van der Waals surface area contributed by atoms with E-state index in [2.05, 4.69) is 15.6 Å². The number of carboxylic acid groups (broad SMARTS) is 1. The van der Waals surface area contributed by atoms with Gasteiger partial charge in [0.1, 0.15) is 12.6 Å². The standard InChI is InChI=1S/C16H17N5O4/c1-10-2-4-11(5-3-10)21-7-6-12(15(21)23)17-14(22)9-20-8-13(16(24)25)18-19-20/h2-5,8,12H,6-7,9H2,1H3,(H,17,22)(H,24,25). The highest BCUT2D eigenvalue weighted by molar-refractivity contribution is 6.01. The van der Waals surface area contributed by atoms with Crippen molar-refractivity contribution in [2.45, 2.75) is 25.9 Å². The van der Waals surface area contributed by atoms with Crippen LogP contribution in [0.15, 0.2) is 30.5 Å². The Labute approximate surface area is 143 Å². The number of aromatic carboxylic acids is 1. The van der Waals surface area contributed by atoms with Crippen LogP contribution in [0.4, 0.5) is 5.69 Å². The van der Waals surface area contributed by atoms with Crippen LogP contribution in [0.2, 0.25) is 0 Å². The molecule has 25 heavy (non-hydrogen) atoms. The number of rotatable bonds is 5. The summed E-state index contributed by atoms with van der Waals surface area (Å²) < 4.78 is 1.12. The van der Waals surface area contributed by atoms with Gasteiger partial charge in [-0.2, -0.15) is 0 Å². The number of hydrogen-bond donors (Lipinski definition) is 2. The molecule has 1 fully saturated rings. The number of benzene rings is 1. The maximum absolute atomic E-state index is 12.5. The lowest BCUT2D eigenvalue weighted by Crippen LogP contribution is -2.42. The molecule has 0 aliphatic carbocycles. The number of carbonyl (C=O) groups excluding carboxylic acids is 2. The molecule has 2 N–H and O–H groups in total. The second-order valence-corrected chi connectivity index (χ2v) is 5.84. The van der Waals surface area contributed by atoms with E-state index in [0.717, 1.165) is 22.1 Å². The summed E-state index contributed by atoms with van der Waals surface area (Å²) >= 11 is 0. The molecule has 1 unspecified atom stereocenters. The van der Waals surface area contributed by atoms with Crippen molar-refractivity contribution in [3.63, 3.8) is 0 Å². The molecular weight excluding hydrogens is 326 g/mol. The Morgan fingerprint density at radius 3 is 2.68 bits per heavy atom. The summed E-state index contributed by atoms with van der Waals surface area (Å²) in [7, 11) is 0. The SMILES string of the molecule is Cc1ccc(N2CCC(NC(=O)Cn3cc(C(=O)O)nn3)C2=O)cc1. The van der Waals surface area contributed by atoms with E-state index in [4.69, 9.17) is 5.11 Å². The highest BCUT2D eigenvalue weighted by Gasteiger charge is 2.33. The molecule has 0 radical (unpaired) electrons. The Bertz CT molecular complexity index is 814. The average Bonchev–Trinajstić information content (AvgIpc) is 3.16. The van der Waals surface area contributed by atoms with Crippen molar-refractivity contribution >= 4 is 23.5 Å². The summed E-state index contributed by atoms with van der Waals surface area (Å²) in [5, 5.41) is 18.4. The summed E-state index contributed by atoms with van der Waals surface area (Å²) in [6.45, 7) is 2.30. The van der Waals surface area contributed by atoms with E-state index in [1.165, 1.54) is 0 Å². The largest absolute Gasteiger partial charge is 0.476 e. The third-order valence-corrected chi connectivity index (χ3v) is 3.95. The Morgan fingerprint density at radius 1 is 1.32 bits per heavy atom. The average molecular weight is 343 g/mol.